The molecule has 0 radical (unpaired) electrons. The van der Waals surface area contributed by atoms with Gasteiger partial charge in [0.2, 0.25) is 0 Å². The number of halogens is 1. The van der Waals surface area contributed by atoms with Crippen LogP contribution in [0.1, 0.15) is 36.5 Å². The quantitative estimate of drug-likeness (QED) is 0.640. The average Bonchev–Trinajstić information content (AvgIpc) is 3.21. The molecule has 6 nitrogen and oxygen atoms in total. The summed E-state index contributed by atoms with van der Waals surface area (Å²) >= 11 is 6.49. The lowest BCUT2D eigenvalue weighted by Crippen LogP contribution is -2.33. The first kappa shape index (κ1) is 23.1. The van der Waals surface area contributed by atoms with Crippen LogP contribution in [-0.4, -0.2) is 37.1 Å². The van der Waals surface area contributed by atoms with Crippen LogP contribution < -0.4 is 5.32 Å². The van der Waals surface area contributed by atoms with E-state index >= 15 is 0 Å². The Bertz CT molecular complexity index is 1130. The van der Waals surface area contributed by atoms with E-state index in [0.29, 0.717) is 39.7 Å². The second-order valence-electron chi connectivity index (χ2n) is 8.26. The number of carbonyl (C=O) groups excluding carboxylic acids is 2. The first-order chi connectivity index (χ1) is 15.9. The summed E-state index contributed by atoms with van der Waals surface area (Å²) in [7, 11) is 1.32. The van der Waals surface area contributed by atoms with E-state index in [-0.39, 0.29) is 6.61 Å². The molecule has 0 spiro atoms. The summed E-state index contributed by atoms with van der Waals surface area (Å²) in [5.74, 6) is -1.68. The van der Waals surface area contributed by atoms with Crippen molar-refractivity contribution >= 4 is 23.5 Å². The van der Waals surface area contributed by atoms with Crippen LogP contribution >= 0.6 is 11.6 Å². The van der Waals surface area contributed by atoms with Crippen molar-refractivity contribution in [3.63, 3.8) is 0 Å². The summed E-state index contributed by atoms with van der Waals surface area (Å²) < 4.78 is 10.7. The second kappa shape index (κ2) is 9.81. The van der Waals surface area contributed by atoms with E-state index in [1.165, 1.54) is 18.2 Å². The second-order valence-corrected chi connectivity index (χ2v) is 8.67. The van der Waals surface area contributed by atoms with Gasteiger partial charge in [0.05, 0.1) is 24.2 Å². The smallest absolute Gasteiger partial charge is 0.336 e. The zero-order chi connectivity index (χ0) is 23.5. The van der Waals surface area contributed by atoms with Crippen LogP contribution in [0.3, 0.4) is 0 Å². The Morgan fingerprint density at radius 1 is 0.970 bits per heavy atom. The van der Waals surface area contributed by atoms with Gasteiger partial charge in [-0.2, -0.15) is 0 Å². The minimum Gasteiger partial charge on any atom is -0.466 e. The number of hydrogen-bond acceptors (Lipinski definition) is 6. The fourth-order valence-electron chi connectivity index (χ4n) is 4.57. The third-order valence-corrected chi connectivity index (χ3v) is 6.49. The topological polar surface area (TPSA) is 67.9 Å². The van der Waals surface area contributed by atoms with E-state index in [0.717, 1.165) is 13.1 Å². The lowest BCUT2D eigenvalue weighted by Gasteiger charge is -2.30. The molecule has 172 valence electrons. The van der Waals surface area contributed by atoms with Gasteiger partial charge >= 0.3 is 11.9 Å². The van der Waals surface area contributed by atoms with Gasteiger partial charge in [-0.05, 0) is 36.6 Å². The molecule has 2 aliphatic heterocycles. The average molecular weight is 467 g/mol. The highest BCUT2D eigenvalue weighted by molar-refractivity contribution is 6.31. The first-order valence-electron chi connectivity index (χ1n) is 10.9. The van der Waals surface area contributed by atoms with Crippen molar-refractivity contribution in [3.8, 4) is 0 Å². The number of rotatable bonds is 6. The number of esters is 2. The molecule has 1 N–H and O–H groups in total. The molecule has 7 heteroatoms. The molecule has 0 aliphatic carbocycles. The molecule has 1 atom stereocenters. The summed E-state index contributed by atoms with van der Waals surface area (Å²) in [4.78, 5) is 28.2. The summed E-state index contributed by atoms with van der Waals surface area (Å²) in [5.41, 5.74) is 5.22. The molecule has 2 aromatic carbocycles. The Hall–Kier alpha value is -3.09. The van der Waals surface area contributed by atoms with Crippen molar-refractivity contribution in [2.24, 2.45) is 0 Å². The molecule has 0 saturated heterocycles. The molecule has 2 aliphatic rings. The van der Waals surface area contributed by atoms with Crippen LogP contribution in [0.5, 0.6) is 0 Å². The number of dihydropyridines is 1. The Labute approximate surface area is 198 Å². The normalized spacial score (nSPS) is 18.1. The fraction of sp³-hybridized carbons (Fsp3) is 0.308. The van der Waals surface area contributed by atoms with Crippen LogP contribution in [0.2, 0.25) is 5.02 Å². The Kier molecular flexibility index (Phi) is 6.86. The Morgan fingerprint density at radius 3 is 2.15 bits per heavy atom. The van der Waals surface area contributed by atoms with Gasteiger partial charge in [0, 0.05) is 36.1 Å². The van der Waals surface area contributed by atoms with Gasteiger partial charge in [0.1, 0.15) is 6.61 Å². The number of nitrogens with one attached hydrogen (secondary N) is 1. The van der Waals surface area contributed by atoms with Crippen LogP contribution in [0.15, 0.2) is 71.1 Å². The lowest BCUT2D eigenvalue weighted by molar-refractivity contribution is -0.140. The van der Waals surface area contributed by atoms with Crippen molar-refractivity contribution in [1.82, 2.24) is 10.2 Å². The first-order valence-corrected chi connectivity index (χ1v) is 11.3. The number of allylic oxidation sites excluding steroid dienone is 2. The van der Waals surface area contributed by atoms with E-state index < -0.39 is 17.9 Å². The molecule has 1 unspecified atom stereocenters. The summed E-state index contributed by atoms with van der Waals surface area (Å²) in [6.07, 6.45) is 0. The predicted molar refractivity (Wildman–Crippen MR) is 126 cm³/mol. The van der Waals surface area contributed by atoms with Crippen molar-refractivity contribution in [2.75, 3.05) is 20.3 Å². The minimum atomic E-state index is -0.684. The zero-order valence-corrected chi connectivity index (χ0v) is 19.7. The molecular weight excluding hydrogens is 440 g/mol. The van der Waals surface area contributed by atoms with Crippen LogP contribution in [0, 0.1) is 0 Å². The molecule has 0 bridgehead atoms. The molecule has 2 aromatic rings. The molecular formula is C26H27ClN2O4. The molecule has 0 aromatic heterocycles. The summed E-state index contributed by atoms with van der Waals surface area (Å²) in [6, 6.07) is 15.5. The third-order valence-electron chi connectivity index (χ3n) is 6.15. The van der Waals surface area contributed by atoms with Gasteiger partial charge < -0.3 is 14.8 Å². The molecule has 33 heavy (non-hydrogen) atoms. The van der Waals surface area contributed by atoms with E-state index in [2.05, 4.69) is 22.3 Å². The van der Waals surface area contributed by atoms with Gasteiger partial charge in [0.25, 0.3) is 0 Å². The molecule has 0 fully saturated rings. The highest BCUT2D eigenvalue weighted by Gasteiger charge is 2.38. The van der Waals surface area contributed by atoms with Gasteiger partial charge in [-0.25, -0.2) is 9.59 Å². The highest BCUT2D eigenvalue weighted by atomic mass is 35.5. The Balaban J connectivity index is 1.54. The monoisotopic (exact) mass is 466 g/mol. The number of ether oxygens (including phenoxy) is 2. The highest BCUT2D eigenvalue weighted by Crippen LogP contribution is 2.41. The van der Waals surface area contributed by atoms with Crippen LogP contribution in [-0.2, 0) is 32.2 Å². The van der Waals surface area contributed by atoms with E-state index in [1.807, 2.05) is 30.3 Å². The molecule has 2 heterocycles. The van der Waals surface area contributed by atoms with E-state index in [1.54, 1.807) is 19.9 Å². The molecule has 0 amide bonds. The maximum absolute atomic E-state index is 13.3. The predicted octanol–water partition coefficient (Wildman–Crippen LogP) is 4.31. The third kappa shape index (κ3) is 4.68. The van der Waals surface area contributed by atoms with Crippen molar-refractivity contribution < 1.29 is 19.1 Å². The van der Waals surface area contributed by atoms with Gasteiger partial charge in [0.15, 0.2) is 0 Å². The zero-order valence-electron chi connectivity index (χ0n) is 19.0. The van der Waals surface area contributed by atoms with Gasteiger partial charge in [-0.15, -0.1) is 0 Å². The van der Waals surface area contributed by atoms with E-state index in [4.69, 9.17) is 21.1 Å². The maximum Gasteiger partial charge on any atom is 0.336 e. The summed E-state index contributed by atoms with van der Waals surface area (Å²) in [6.45, 7) is 6.13. The number of carbonyl (C=O) groups is 2. The molecule has 0 saturated carbocycles. The van der Waals surface area contributed by atoms with Gasteiger partial charge in [-0.3, -0.25) is 4.90 Å². The maximum atomic E-state index is 13.3. The Morgan fingerprint density at radius 2 is 1.55 bits per heavy atom. The standard InChI is InChI=1S/C26H27ClN2O4/c1-16-22(25(30)32-3)24(20-10-6-7-11-21(20)27)23(17(2)28-16)26(31)33-13-12-29-14-18-8-4-5-9-19(18)15-29/h4-11,24,28H,12-15H2,1-3H3. The van der Waals surface area contributed by atoms with Crippen molar-refractivity contribution in [2.45, 2.75) is 32.9 Å². The van der Waals surface area contributed by atoms with Crippen molar-refractivity contribution in [1.29, 1.82) is 0 Å². The minimum absolute atomic E-state index is 0.245. The largest absolute Gasteiger partial charge is 0.466 e. The van der Waals surface area contributed by atoms with Gasteiger partial charge in [-0.1, -0.05) is 54.1 Å². The molecule has 4 rings (SSSR count). The fourth-order valence-corrected chi connectivity index (χ4v) is 4.82. The van der Waals surface area contributed by atoms with Crippen molar-refractivity contribution in [3.05, 3.63) is 92.8 Å². The summed E-state index contributed by atoms with van der Waals surface area (Å²) in [5, 5.41) is 3.61. The number of fused-ring (bicyclic) bond motifs is 1. The lowest BCUT2D eigenvalue weighted by atomic mass is 9.80. The van der Waals surface area contributed by atoms with Crippen LogP contribution in [0.4, 0.5) is 0 Å². The SMILES string of the molecule is COC(=O)C1=C(C)NC(C)=C(C(=O)OCCN2Cc3ccccc3C2)C1c1ccccc1Cl. The number of nitrogens with zero attached hydrogens (tertiary/aromatic N) is 1. The van der Waals surface area contributed by atoms with Crippen LogP contribution in [0.25, 0.3) is 0 Å². The van der Waals surface area contributed by atoms with E-state index in [9.17, 15) is 9.59 Å². The number of methoxy groups -OCH3 is 1. The number of hydrogen-bond donors (Lipinski definition) is 1. The number of benzene rings is 2.